The van der Waals surface area contributed by atoms with Gasteiger partial charge in [0.25, 0.3) is 0 Å². The lowest BCUT2D eigenvalue weighted by Crippen LogP contribution is -2.29. The van der Waals surface area contributed by atoms with Gasteiger partial charge in [0.2, 0.25) is 0 Å². The van der Waals surface area contributed by atoms with E-state index in [2.05, 4.69) is 0 Å². The largest absolute Gasteiger partial charge is 0.480 e. The van der Waals surface area contributed by atoms with Crippen LogP contribution in [-0.4, -0.2) is 34.3 Å². The van der Waals surface area contributed by atoms with Gasteiger partial charge in [0.05, 0.1) is 0 Å². The molecule has 0 aliphatic rings. The normalized spacial score (nSPS) is 12.6. The second kappa shape index (κ2) is 5.99. The number of carbonyl (C=O) groups is 1. The highest BCUT2D eigenvalue weighted by molar-refractivity contribution is 6.40. The maximum atomic E-state index is 10.2. The minimum atomic E-state index is -1.30. The Kier molecular flexibility index (Phi) is 5.70. The molecule has 0 fully saturated rings. The van der Waals surface area contributed by atoms with E-state index in [9.17, 15) is 4.79 Å². The van der Waals surface area contributed by atoms with Crippen molar-refractivity contribution in [3.8, 4) is 0 Å². The van der Waals surface area contributed by atoms with Crippen LogP contribution in [0.25, 0.3) is 0 Å². The number of carboxylic acid groups (broad SMARTS) is 1. The van der Waals surface area contributed by atoms with Crippen LogP contribution < -0.4 is 5.73 Å². The van der Waals surface area contributed by atoms with Gasteiger partial charge in [-0.25, -0.2) is 0 Å². The summed E-state index contributed by atoms with van der Waals surface area (Å²) in [6.45, 7) is 0. The lowest BCUT2D eigenvalue weighted by Gasteiger charge is -2.04. The second-order valence-electron chi connectivity index (χ2n) is 2.71. The average molecular weight is 175 g/mol. The molecule has 0 saturated carbocycles. The molecule has 70 valence electrons. The topological polar surface area (TPSA) is 104 Å². The fourth-order valence-electron chi connectivity index (χ4n) is 0.815. The van der Waals surface area contributed by atoms with E-state index in [1.54, 1.807) is 0 Å². The summed E-state index contributed by atoms with van der Waals surface area (Å²) in [4.78, 5) is 10.2. The molecule has 6 heteroatoms. The molecule has 0 bridgehead atoms. The summed E-state index contributed by atoms with van der Waals surface area (Å²) >= 11 is 0. The molecule has 0 aliphatic carbocycles. The van der Waals surface area contributed by atoms with Crippen molar-refractivity contribution in [2.24, 2.45) is 5.73 Å². The molecule has 0 aliphatic heterocycles. The van der Waals surface area contributed by atoms with Gasteiger partial charge in [0, 0.05) is 0 Å². The number of nitrogens with two attached hydrogens (primary N) is 1. The molecule has 0 aromatic carbocycles. The van der Waals surface area contributed by atoms with Crippen molar-refractivity contribution in [2.45, 2.75) is 31.6 Å². The van der Waals surface area contributed by atoms with Gasteiger partial charge in [-0.3, -0.25) is 4.79 Å². The summed E-state index contributed by atoms with van der Waals surface area (Å²) in [6.07, 6.45) is 1.83. The molecule has 12 heavy (non-hydrogen) atoms. The van der Waals surface area contributed by atoms with E-state index in [0.717, 1.165) is 0 Å². The fourth-order valence-corrected chi connectivity index (χ4v) is 0.815. The summed E-state index contributed by atoms with van der Waals surface area (Å²) in [6, 6.07) is -0.833. The molecular formula is C6H14BNO4. The Balaban J connectivity index is 3.25. The summed E-state index contributed by atoms with van der Waals surface area (Å²) < 4.78 is 0. The van der Waals surface area contributed by atoms with E-state index in [1.165, 1.54) is 0 Å². The Labute approximate surface area is 71.3 Å². The summed E-state index contributed by atoms with van der Waals surface area (Å²) in [5.41, 5.74) is 5.21. The van der Waals surface area contributed by atoms with Crippen molar-refractivity contribution in [3.05, 3.63) is 0 Å². The quantitative estimate of drug-likeness (QED) is 0.307. The Hall–Kier alpha value is -0.585. The van der Waals surface area contributed by atoms with Crippen LogP contribution in [0.5, 0.6) is 0 Å². The van der Waals surface area contributed by atoms with Crippen LogP contribution in [0, 0.1) is 0 Å². The van der Waals surface area contributed by atoms with E-state index in [4.69, 9.17) is 20.9 Å². The first-order chi connectivity index (χ1) is 5.54. The van der Waals surface area contributed by atoms with Gasteiger partial charge in [0.15, 0.2) is 0 Å². The van der Waals surface area contributed by atoms with Crippen molar-refractivity contribution < 1.29 is 19.9 Å². The van der Waals surface area contributed by atoms with Crippen molar-refractivity contribution in [1.29, 1.82) is 0 Å². The van der Waals surface area contributed by atoms with Gasteiger partial charge in [-0.1, -0.05) is 12.8 Å². The minimum Gasteiger partial charge on any atom is -0.480 e. The lowest BCUT2D eigenvalue weighted by molar-refractivity contribution is -0.138. The Bertz CT molecular complexity index is 142. The van der Waals surface area contributed by atoms with Crippen LogP contribution >= 0.6 is 0 Å². The highest BCUT2D eigenvalue weighted by atomic mass is 16.4. The summed E-state index contributed by atoms with van der Waals surface area (Å²) in [5, 5.41) is 25.2. The van der Waals surface area contributed by atoms with E-state index in [1.807, 2.05) is 0 Å². The van der Waals surface area contributed by atoms with Gasteiger partial charge < -0.3 is 20.9 Å². The zero-order valence-corrected chi connectivity index (χ0v) is 6.81. The van der Waals surface area contributed by atoms with E-state index >= 15 is 0 Å². The number of unbranched alkanes of at least 4 members (excludes halogenated alkanes) is 1. The van der Waals surface area contributed by atoms with Gasteiger partial charge in [0.1, 0.15) is 6.04 Å². The number of rotatable bonds is 6. The molecule has 5 nitrogen and oxygen atoms in total. The second-order valence-corrected chi connectivity index (χ2v) is 2.71. The highest BCUT2D eigenvalue weighted by Gasteiger charge is 2.11. The van der Waals surface area contributed by atoms with Crippen molar-refractivity contribution in [2.75, 3.05) is 0 Å². The summed E-state index contributed by atoms with van der Waals surface area (Å²) in [7, 11) is -1.30. The molecule has 0 saturated heterocycles. The van der Waals surface area contributed by atoms with Gasteiger partial charge in [-0.15, -0.1) is 0 Å². The van der Waals surface area contributed by atoms with Crippen LogP contribution in [0.4, 0.5) is 0 Å². The predicted molar refractivity (Wildman–Crippen MR) is 44.5 cm³/mol. The number of hydrogen-bond donors (Lipinski definition) is 4. The van der Waals surface area contributed by atoms with Gasteiger partial charge in [-0.2, -0.15) is 0 Å². The number of aliphatic carboxylic acids is 1. The van der Waals surface area contributed by atoms with E-state index < -0.39 is 19.1 Å². The van der Waals surface area contributed by atoms with E-state index in [-0.39, 0.29) is 6.32 Å². The molecule has 0 amide bonds. The molecule has 0 heterocycles. The highest BCUT2D eigenvalue weighted by Crippen LogP contribution is 2.03. The first-order valence-corrected chi connectivity index (χ1v) is 3.88. The molecule has 1 unspecified atom stereocenters. The number of carboxylic acids is 1. The van der Waals surface area contributed by atoms with Crippen molar-refractivity contribution in [3.63, 3.8) is 0 Å². The molecule has 5 N–H and O–H groups in total. The third-order valence-electron chi connectivity index (χ3n) is 1.54. The monoisotopic (exact) mass is 175 g/mol. The molecule has 0 rings (SSSR count). The maximum Gasteiger partial charge on any atom is 0.451 e. The molecular weight excluding hydrogens is 161 g/mol. The Morgan fingerprint density at radius 3 is 2.42 bits per heavy atom. The van der Waals surface area contributed by atoms with Crippen LogP contribution in [0.2, 0.25) is 6.32 Å². The molecule has 0 spiro atoms. The smallest absolute Gasteiger partial charge is 0.451 e. The zero-order valence-electron chi connectivity index (χ0n) is 6.81. The summed E-state index contributed by atoms with van der Waals surface area (Å²) in [5.74, 6) is -1.01. The van der Waals surface area contributed by atoms with E-state index in [0.29, 0.717) is 19.3 Å². The van der Waals surface area contributed by atoms with Crippen LogP contribution in [0.3, 0.4) is 0 Å². The van der Waals surface area contributed by atoms with Crippen molar-refractivity contribution in [1.82, 2.24) is 0 Å². The van der Waals surface area contributed by atoms with Crippen LogP contribution in [-0.2, 0) is 4.79 Å². The number of hydrogen-bond acceptors (Lipinski definition) is 4. The Morgan fingerprint density at radius 2 is 2.00 bits per heavy atom. The SMILES string of the molecule is NC(CCCCB(O)O)C(=O)O. The molecule has 1 atom stereocenters. The van der Waals surface area contributed by atoms with Crippen LogP contribution in [0.15, 0.2) is 0 Å². The molecule has 0 aromatic rings. The Morgan fingerprint density at radius 1 is 1.42 bits per heavy atom. The third-order valence-corrected chi connectivity index (χ3v) is 1.54. The maximum absolute atomic E-state index is 10.2. The van der Waals surface area contributed by atoms with Crippen LogP contribution in [0.1, 0.15) is 19.3 Å². The standard InChI is InChI=1S/C6H14BNO4/c8-5(6(9)10)3-1-2-4-7(11)12/h5,11-12H,1-4,8H2,(H,9,10). The fraction of sp³-hybridized carbons (Fsp3) is 0.833. The first-order valence-electron chi connectivity index (χ1n) is 3.88. The zero-order chi connectivity index (χ0) is 9.56. The molecule has 0 radical (unpaired) electrons. The lowest BCUT2D eigenvalue weighted by atomic mass is 9.83. The van der Waals surface area contributed by atoms with Gasteiger partial charge >= 0.3 is 13.1 Å². The average Bonchev–Trinajstić information content (AvgIpc) is 1.97. The molecule has 0 aromatic heterocycles. The predicted octanol–water partition coefficient (Wildman–Crippen LogP) is -0.959. The minimum absolute atomic E-state index is 0.270. The van der Waals surface area contributed by atoms with Gasteiger partial charge in [-0.05, 0) is 12.7 Å². The third kappa shape index (κ3) is 6.15. The first kappa shape index (κ1) is 11.4. The van der Waals surface area contributed by atoms with Crippen molar-refractivity contribution >= 4 is 13.1 Å².